The standard InChI is InChI=1S/C34H66N4O3/c1-6-7-8-9-10-11-12-13-14-15-16-17-18-19-20-21-25-35-33(39)32-28-31(38(4)5)24-23-30(32)29-41-34(40)36-26-22-27-37(2)3/h24,30,32H,6-23,25-29H2,1-5H3,(H,35,39)(H,36,40). The molecule has 41 heavy (non-hydrogen) atoms. The highest BCUT2D eigenvalue weighted by molar-refractivity contribution is 5.79. The second kappa shape index (κ2) is 24.8. The quantitative estimate of drug-likeness (QED) is 0.110. The van der Waals surface area contributed by atoms with E-state index in [2.05, 4.69) is 33.4 Å². The minimum atomic E-state index is -0.390. The van der Waals surface area contributed by atoms with E-state index >= 15 is 0 Å². The summed E-state index contributed by atoms with van der Waals surface area (Å²) in [6, 6.07) is 0. The number of carbonyl (C=O) groups is 2. The van der Waals surface area contributed by atoms with Gasteiger partial charge in [0.05, 0.1) is 6.61 Å². The van der Waals surface area contributed by atoms with Crippen LogP contribution in [0.25, 0.3) is 0 Å². The molecular formula is C34H66N4O3. The average Bonchev–Trinajstić information content (AvgIpc) is 2.95. The van der Waals surface area contributed by atoms with Gasteiger partial charge in [0.1, 0.15) is 0 Å². The van der Waals surface area contributed by atoms with Gasteiger partial charge in [-0.2, -0.15) is 0 Å². The molecule has 0 radical (unpaired) electrons. The fraction of sp³-hybridized carbons (Fsp3) is 0.882. The van der Waals surface area contributed by atoms with Crippen LogP contribution in [0.15, 0.2) is 11.8 Å². The maximum atomic E-state index is 13.1. The number of nitrogens with one attached hydrogen (secondary N) is 2. The van der Waals surface area contributed by atoms with Gasteiger partial charge in [0.2, 0.25) is 5.91 Å². The zero-order chi connectivity index (χ0) is 30.1. The normalized spacial score (nSPS) is 16.9. The number of hydrogen-bond donors (Lipinski definition) is 2. The van der Waals surface area contributed by atoms with Crippen LogP contribution in [0.1, 0.15) is 129 Å². The summed E-state index contributed by atoms with van der Waals surface area (Å²) in [5, 5.41) is 6.01. The van der Waals surface area contributed by atoms with Crippen molar-refractivity contribution in [1.82, 2.24) is 20.4 Å². The van der Waals surface area contributed by atoms with Crippen molar-refractivity contribution in [2.45, 2.75) is 129 Å². The van der Waals surface area contributed by atoms with E-state index in [-0.39, 0.29) is 24.3 Å². The highest BCUT2D eigenvalue weighted by Gasteiger charge is 2.33. The third kappa shape index (κ3) is 19.9. The summed E-state index contributed by atoms with van der Waals surface area (Å²) >= 11 is 0. The number of allylic oxidation sites excluding steroid dienone is 2. The van der Waals surface area contributed by atoms with Crippen LogP contribution >= 0.6 is 0 Å². The molecule has 0 spiro atoms. The van der Waals surface area contributed by atoms with Gasteiger partial charge in [0.15, 0.2) is 0 Å². The summed E-state index contributed by atoms with van der Waals surface area (Å²) in [5.74, 6) is -0.0598. The molecule has 0 heterocycles. The lowest BCUT2D eigenvalue weighted by Crippen LogP contribution is -2.40. The molecule has 0 bridgehead atoms. The van der Waals surface area contributed by atoms with E-state index in [4.69, 9.17) is 4.74 Å². The molecule has 7 heteroatoms. The Morgan fingerprint density at radius 3 is 1.78 bits per heavy atom. The number of alkyl carbamates (subject to hydrolysis) is 1. The molecule has 7 nitrogen and oxygen atoms in total. The maximum absolute atomic E-state index is 13.1. The summed E-state index contributed by atoms with van der Waals surface area (Å²) in [6.07, 6.45) is 25.7. The first-order chi connectivity index (χ1) is 19.8. The highest BCUT2D eigenvalue weighted by Crippen LogP contribution is 2.31. The Kier molecular flexibility index (Phi) is 22.5. The van der Waals surface area contributed by atoms with E-state index in [1.165, 1.54) is 102 Å². The van der Waals surface area contributed by atoms with E-state index < -0.39 is 6.09 Å². The molecule has 0 aromatic heterocycles. The van der Waals surface area contributed by atoms with Gasteiger partial charge < -0.3 is 25.2 Å². The van der Waals surface area contributed by atoms with Crippen LogP contribution in [-0.4, -0.2) is 76.2 Å². The Morgan fingerprint density at radius 1 is 0.756 bits per heavy atom. The Balaban J connectivity index is 2.16. The van der Waals surface area contributed by atoms with Crippen molar-refractivity contribution in [3.8, 4) is 0 Å². The molecule has 2 unspecified atom stereocenters. The maximum Gasteiger partial charge on any atom is 0.407 e. The molecule has 0 fully saturated rings. The van der Waals surface area contributed by atoms with E-state index in [0.717, 1.165) is 32.4 Å². The third-order valence-corrected chi connectivity index (χ3v) is 8.38. The molecule has 240 valence electrons. The number of nitrogens with zero attached hydrogens (tertiary/aromatic N) is 2. The molecule has 1 aliphatic carbocycles. The Morgan fingerprint density at radius 2 is 1.27 bits per heavy atom. The lowest BCUT2D eigenvalue weighted by molar-refractivity contribution is -0.127. The molecular weight excluding hydrogens is 512 g/mol. The molecule has 1 aliphatic rings. The van der Waals surface area contributed by atoms with Crippen molar-refractivity contribution in [3.63, 3.8) is 0 Å². The number of amides is 2. The van der Waals surface area contributed by atoms with Crippen molar-refractivity contribution in [2.75, 3.05) is 54.4 Å². The first-order valence-corrected chi connectivity index (χ1v) is 17.0. The molecule has 2 amide bonds. The van der Waals surface area contributed by atoms with Crippen LogP contribution in [0.4, 0.5) is 4.79 Å². The predicted molar refractivity (Wildman–Crippen MR) is 173 cm³/mol. The minimum Gasteiger partial charge on any atom is -0.449 e. The predicted octanol–water partition coefficient (Wildman–Crippen LogP) is 7.51. The van der Waals surface area contributed by atoms with E-state index in [1.807, 2.05) is 28.2 Å². The molecule has 2 N–H and O–H groups in total. The van der Waals surface area contributed by atoms with E-state index in [0.29, 0.717) is 13.0 Å². The lowest BCUT2D eigenvalue weighted by atomic mass is 9.81. The van der Waals surface area contributed by atoms with Gasteiger partial charge in [0.25, 0.3) is 0 Å². The second-order valence-electron chi connectivity index (χ2n) is 12.7. The minimum absolute atomic E-state index is 0.0111. The zero-order valence-electron chi connectivity index (χ0n) is 27.6. The van der Waals surface area contributed by atoms with Crippen molar-refractivity contribution in [2.24, 2.45) is 11.8 Å². The molecule has 0 aliphatic heterocycles. The monoisotopic (exact) mass is 579 g/mol. The van der Waals surface area contributed by atoms with E-state index in [9.17, 15) is 9.59 Å². The number of hydrogen-bond acceptors (Lipinski definition) is 5. The topological polar surface area (TPSA) is 73.9 Å². The SMILES string of the molecule is CCCCCCCCCCCCCCCCCCNC(=O)C1CC(N(C)C)=CCC1COC(=O)NCCCN(C)C. The fourth-order valence-electron chi connectivity index (χ4n) is 5.62. The largest absolute Gasteiger partial charge is 0.449 e. The first-order valence-electron chi connectivity index (χ1n) is 17.0. The highest BCUT2D eigenvalue weighted by atomic mass is 16.5. The molecule has 0 saturated carbocycles. The van der Waals surface area contributed by atoms with Gasteiger partial charge in [-0.25, -0.2) is 4.79 Å². The van der Waals surface area contributed by atoms with Gasteiger partial charge in [-0.15, -0.1) is 0 Å². The smallest absolute Gasteiger partial charge is 0.407 e. The summed E-state index contributed by atoms with van der Waals surface area (Å²) < 4.78 is 5.52. The summed E-state index contributed by atoms with van der Waals surface area (Å²) in [5.41, 5.74) is 1.18. The van der Waals surface area contributed by atoms with Crippen molar-refractivity contribution in [3.05, 3.63) is 11.8 Å². The van der Waals surface area contributed by atoms with Crippen LogP contribution < -0.4 is 10.6 Å². The molecule has 1 rings (SSSR count). The van der Waals surface area contributed by atoms with Gasteiger partial charge >= 0.3 is 6.09 Å². The van der Waals surface area contributed by atoms with Crippen LogP contribution in [0.5, 0.6) is 0 Å². The van der Waals surface area contributed by atoms with Crippen LogP contribution in [0.3, 0.4) is 0 Å². The second-order valence-corrected chi connectivity index (χ2v) is 12.7. The van der Waals surface area contributed by atoms with Gasteiger partial charge in [-0.1, -0.05) is 109 Å². The summed E-state index contributed by atoms with van der Waals surface area (Å²) in [7, 11) is 8.08. The fourth-order valence-corrected chi connectivity index (χ4v) is 5.62. The van der Waals surface area contributed by atoms with Crippen LogP contribution in [-0.2, 0) is 9.53 Å². The van der Waals surface area contributed by atoms with Gasteiger partial charge in [-0.05, 0) is 46.3 Å². The van der Waals surface area contributed by atoms with Crippen LogP contribution in [0, 0.1) is 11.8 Å². The zero-order valence-corrected chi connectivity index (χ0v) is 27.6. The van der Waals surface area contributed by atoms with Crippen molar-refractivity contribution in [1.29, 1.82) is 0 Å². The molecule has 0 aromatic rings. The number of rotatable bonds is 25. The molecule has 2 atom stereocenters. The number of unbranched alkanes of at least 4 members (excludes halogenated alkanes) is 15. The lowest BCUT2D eigenvalue weighted by Gasteiger charge is -2.32. The van der Waals surface area contributed by atoms with Crippen molar-refractivity contribution >= 4 is 12.0 Å². The van der Waals surface area contributed by atoms with E-state index in [1.54, 1.807) is 0 Å². The van der Waals surface area contributed by atoms with Crippen LogP contribution in [0.2, 0.25) is 0 Å². The average molecular weight is 579 g/mol. The Bertz CT molecular complexity index is 695. The summed E-state index contributed by atoms with van der Waals surface area (Å²) in [4.78, 5) is 29.5. The van der Waals surface area contributed by atoms with Gasteiger partial charge in [0, 0.05) is 44.7 Å². The molecule has 0 saturated heterocycles. The van der Waals surface area contributed by atoms with Gasteiger partial charge in [-0.3, -0.25) is 4.79 Å². The Hall–Kier alpha value is -1.76. The number of carbonyl (C=O) groups excluding carboxylic acids is 2. The summed E-state index contributed by atoms with van der Waals surface area (Å²) in [6.45, 7) is 4.80. The number of ether oxygens (including phenoxy) is 1. The Labute approximate surface area is 253 Å². The molecule has 0 aromatic carbocycles. The van der Waals surface area contributed by atoms with Crippen molar-refractivity contribution < 1.29 is 14.3 Å². The first kappa shape index (κ1) is 37.3. The third-order valence-electron chi connectivity index (χ3n) is 8.38.